The molecule has 0 spiro atoms. The number of rotatable bonds is 5. The van der Waals surface area contributed by atoms with Crippen LogP contribution in [-0.4, -0.2) is 22.0 Å². The lowest BCUT2D eigenvalue weighted by molar-refractivity contribution is -0.115. The van der Waals surface area contributed by atoms with Gasteiger partial charge in [-0.25, -0.2) is 9.78 Å². The zero-order chi connectivity index (χ0) is 16.1. The van der Waals surface area contributed by atoms with Crippen LogP contribution >= 0.6 is 11.6 Å². The molecule has 0 fully saturated rings. The smallest absolute Gasteiger partial charge is 0.357 e. The maximum Gasteiger partial charge on any atom is 0.357 e. The van der Waals surface area contributed by atoms with Crippen molar-refractivity contribution in [3.05, 3.63) is 58.8 Å². The molecular formula is C15H13ClN2O4. The fraction of sp³-hybridized carbons (Fsp3) is 0.133. The van der Waals surface area contributed by atoms with Crippen LogP contribution in [0.4, 0.5) is 0 Å². The van der Waals surface area contributed by atoms with Gasteiger partial charge in [0.25, 0.3) is 5.91 Å². The molecule has 0 saturated heterocycles. The Kier molecular flexibility index (Phi) is 4.95. The topological polar surface area (TPSA) is 92.4 Å². The quantitative estimate of drug-likeness (QED) is 0.826. The number of aromatic nitrogens is 1. The highest BCUT2D eigenvalue weighted by Gasteiger charge is 2.18. The van der Waals surface area contributed by atoms with Gasteiger partial charge in [-0.1, -0.05) is 29.8 Å². The summed E-state index contributed by atoms with van der Waals surface area (Å²) >= 11 is 5.79. The molecule has 114 valence electrons. The molecule has 2 N–H and O–H groups in total. The molecule has 0 unspecified atom stereocenters. The van der Waals surface area contributed by atoms with E-state index in [4.69, 9.17) is 21.1 Å². The van der Waals surface area contributed by atoms with E-state index in [1.54, 1.807) is 31.2 Å². The molecule has 0 radical (unpaired) electrons. The number of carboxylic acids is 1. The van der Waals surface area contributed by atoms with Gasteiger partial charge in [-0.05, 0) is 24.6 Å². The minimum atomic E-state index is -1.22. The number of halogens is 1. The molecule has 1 aromatic heterocycles. The van der Waals surface area contributed by atoms with E-state index in [2.05, 4.69) is 10.3 Å². The van der Waals surface area contributed by atoms with Gasteiger partial charge in [0, 0.05) is 11.6 Å². The number of hydrogen-bond acceptors (Lipinski definition) is 4. The van der Waals surface area contributed by atoms with Crippen LogP contribution in [0.2, 0.25) is 5.02 Å². The van der Waals surface area contributed by atoms with Crippen molar-refractivity contribution in [2.24, 2.45) is 0 Å². The van der Waals surface area contributed by atoms with Gasteiger partial charge < -0.3 is 14.8 Å². The summed E-state index contributed by atoms with van der Waals surface area (Å²) < 4.78 is 5.03. The lowest BCUT2D eigenvalue weighted by Crippen LogP contribution is -2.24. The predicted octanol–water partition coefficient (Wildman–Crippen LogP) is 2.75. The molecule has 6 nitrogen and oxygen atoms in total. The van der Waals surface area contributed by atoms with Crippen LogP contribution in [0.3, 0.4) is 0 Å². The Hall–Kier alpha value is -2.60. The first-order valence-electron chi connectivity index (χ1n) is 6.39. The van der Waals surface area contributed by atoms with Crippen molar-refractivity contribution in [1.29, 1.82) is 0 Å². The van der Waals surface area contributed by atoms with Crippen molar-refractivity contribution < 1.29 is 19.1 Å². The third-order valence-corrected chi connectivity index (χ3v) is 3.11. The van der Waals surface area contributed by atoms with E-state index in [1.165, 1.54) is 6.08 Å². The summed E-state index contributed by atoms with van der Waals surface area (Å²) in [5, 5.41) is 12.1. The van der Waals surface area contributed by atoms with Crippen molar-refractivity contribution in [2.45, 2.75) is 13.5 Å². The number of hydrogen-bond donors (Lipinski definition) is 2. The standard InChI is InChI=1S/C15H13ClN2O4/c1-2-11(14-18-12(8-22-14)15(20)21)13(19)17-7-9-3-5-10(16)6-4-9/h2-6,8H,7H2,1H3,(H,17,19)(H,20,21)/b11-2+. The monoisotopic (exact) mass is 320 g/mol. The molecule has 7 heteroatoms. The van der Waals surface area contributed by atoms with Gasteiger partial charge in [-0.3, -0.25) is 4.79 Å². The van der Waals surface area contributed by atoms with Crippen LogP contribution < -0.4 is 5.32 Å². The van der Waals surface area contributed by atoms with Crippen LogP contribution in [0, 0.1) is 0 Å². The Morgan fingerprint density at radius 3 is 2.59 bits per heavy atom. The molecule has 1 heterocycles. The summed E-state index contributed by atoms with van der Waals surface area (Å²) in [6.45, 7) is 1.95. The van der Waals surface area contributed by atoms with Gasteiger partial charge in [0.15, 0.2) is 5.69 Å². The van der Waals surface area contributed by atoms with Gasteiger partial charge in [0.1, 0.15) is 6.26 Å². The summed E-state index contributed by atoms with van der Waals surface area (Å²) in [6.07, 6.45) is 2.50. The van der Waals surface area contributed by atoms with E-state index in [0.717, 1.165) is 11.8 Å². The van der Waals surface area contributed by atoms with E-state index in [-0.39, 0.29) is 17.2 Å². The number of amides is 1. The first-order chi connectivity index (χ1) is 10.5. The number of allylic oxidation sites excluding steroid dienone is 1. The van der Waals surface area contributed by atoms with Crippen LogP contribution in [0.5, 0.6) is 0 Å². The average molecular weight is 321 g/mol. The van der Waals surface area contributed by atoms with Crippen molar-refractivity contribution in [2.75, 3.05) is 0 Å². The summed E-state index contributed by atoms with van der Waals surface area (Å²) in [5.41, 5.74) is 0.799. The second-order valence-corrected chi connectivity index (χ2v) is 4.79. The van der Waals surface area contributed by atoms with E-state index in [0.29, 0.717) is 11.6 Å². The van der Waals surface area contributed by atoms with E-state index >= 15 is 0 Å². The Bertz CT molecular complexity index is 719. The number of nitrogens with one attached hydrogen (secondary N) is 1. The first-order valence-corrected chi connectivity index (χ1v) is 6.77. The largest absolute Gasteiger partial charge is 0.476 e. The number of aromatic carboxylic acids is 1. The highest BCUT2D eigenvalue weighted by atomic mass is 35.5. The third kappa shape index (κ3) is 3.73. The zero-order valence-electron chi connectivity index (χ0n) is 11.7. The van der Waals surface area contributed by atoms with Crippen molar-refractivity contribution in [3.63, 3.8) is 0 Å². The molecule has 0 atom stereocenters. The summed E-state index contributed by atoms with van der Waals surface area (Å²) in [7, 11) is 0. The summed E-state index contributed by atoms with van der Waals surface area (Å²) in [4.78, 5) is 26.7. The summed E-state index contributed by atoms with van der Waals surface area (Å²) in [5.74, 6) is -1.66. The van der Waals surface area contributed by atoms with Crippen LogP contribution in [0.25, 0.3) is 5.57 Å². The Balaban J connectivity index is 2.05. The normalized spacial score (nSPS) is 11.3. The van der Waals surface area contributed by atoms with E-state index < -0.39 is 11.9 Å². The van der Waals surface area contributed by atoms with Gasteiger partial charge >= 0.3 is 5.97 Å². The molecule has 22 heavy (non-hydrogen) atoms. The number of benzene rings is 1. The average Bonchev–Trinajstić information content (AvgIpc) is 2.97. The molecule has 0 aliphatic carbocycles. The molecule has 0 bridgehead atoms. The molecule has 0 aliphatic rings. The predicted molar refractivity (Wildman–Crippen MR) is 80.4 cm³/mol. The minimum absolute atomic E-state index is 0.0338. The first kappa shape index (κ1) is 15.8. The maximum absolute atomic E-state index is 12.1. The number of nitrogens with zero attached hydrogens (tertiary/aromatic N) is 1. The summed E-state index contributed by atoms with van der Waals surface area (Å²) in [6, 6.07) is 7.05. The fourth-order valence-corrected chi connectivity index (χ4v) is 1.85. The van der Waals surface area contributed by atoms with Gasteiger partial charge in [-0.15, -0.1) is 0 Å². The number of oxazole rings is 1. The van der Waals surface area contributed by atoms with Crippen molar-refractivity contribution in [1.82, 2.24) is 10.3 Å². The minimum Gasteiger partial charge on any atom is -0.476 e. The lowest BCUT2D eigenvalue weighted by Gasteiger charge is -2.06. The molecule has 0 aliphatic heterocycles. The molecule has 2 aromatic rings. The number of carbonyl (C=O) groups excluding carboxylic acids is 1. The lowest BCUT2D eigenvalue weighted by atomic mass is 10.2. The second kappa shape index (κ2) is 6.91. The Morgan fingerprint density at radius 1 is 1.36 bits per heavy atom. The number of carboxylic acid groups (broad SMARTS) is 1. The van der Waals surface area contributed by atoms with E-state index in [1.807, 2.05) is 0 Å². The van der Waals surface area contributed by atoms with Crippen molar-refractivity contribution in [3.8, 4) is 0 Å². The Morgan fingerprint density at radius 2 is 2.05 bits per heavy atom. The molecule has 2 rings (SSSR count). The van der Waals surface area contributed by atoms with E-state index in [9.17, 15) is 9.59 Å². The third-order valence-electron chi connectivity index (χ3n) is 2.85. The highest BCUT2D eigenvalue weighted by Crippen LogP contribution is 2.15. The van der Waals surface area contributed by atoms with Crippen molar-refractivity contribution >= 4 is 29.1 Å². The fourth-order valence-electron chi connectivity index (χ4n) is 1.73. The Labute approximate surface area is 131 Å². The van der Waals surface area contributed by atoms with Crippen LogP contribution in [0.15, 0.2) is 41.0 Å². The van der Waals surface area contributed by atoms with Crippen LogP contribution in [0.1, 0.15) is 28.9 Å². The van der Waals surface area contributed by atoms with Gasteiger partial charge in [-0.2, -0.15) is 0 Å². The SMILES string of the molecule is C/C=C(\C(=O)NCc1ccc(Cl)cc1)c1nc(C(=O)O)co1. The second-order valence-electron chi connectivity index (χ2n) is 4.35. The molecule has 1 aromatic carbocycles. The van der Waals surface area contributed by atoms with Gasteiger partial charge in [0.05, 0.1) is 5.57 Å². The maximum atomic E-state index is 12.1. The van der Waals surface area contributed by atoms with Crippen LogP contribution in [-0.2, 0) is 11.3 Å². The highest BCUT2D eigenvalue weighted by molar-refractivity contribution is 6.30. The van der Waals surface area contributed by atoms with Gasteiger partial charge in [0.2, 0.25) is 5.89 Å². The zero-order valence-corrected chi connectivity index (χ0v) is 12.4. The molecule has 1 amide bonds. The molecule has 0 saturated carbocycles. The molecular weight excluding hydrogens is 308 g/mol. The number of carbonyl (C=O) groups is 2.